The Morgan fingerprint density at radius 1 is 0.318 bits per heavy atom. The summed E-state index contributed by atoms with van der Waals surface area (Å²) in [7, 11) is 2.76. The summed E-state index contributed by atoms with van der Waals surface area (Å²) in [4.78, 5) is 153. The summed E-state index contributed by atoms with van der Waals surface area (Å²) in [5, 5.41) is 25.4. The van der Waals surface area contributed by atoms with Crippen LogP contribution in [0.15, 0.2) is 0 Å². The first kappa shape index (κ1) is 79.2. The molecule has 0 heterocycles. The van der Waals surface area contributed by atoms with Crippen LogP contribution in [0.5, 0.6) is 0 Å². The molecule has 0 radical (unpaired) electrons. The zero-order chi connectivity index (χ0) is 64.1. The Morgan fingerprint density at radius 2 is 0.529 bits per heavy atom. The molecule has 85 heavy (non-hydrogen) atoms. The first-order valence-electron chi connectivity index (χ1n) is 32.7. The van der Waals surface area contributed by atoms with Gasteiger partial charge in [0.05, 0.1) is 7.11 Å². The van der Waals surface area contributed by atoms with Gasteiger partial charge < -0.3 is 57.5 Å². The minimum absolute atomic E-state index is 0.211. The molecule has 0 saturated carbocycles. The molecule has 0 unspecified atom stereocenters. The molecule has 0 aliphatic carbocycles. The molecule has 0 bridgehead atoms. The monoisotopic (exact) mass is 1200 g/mol. The third-order valence-electron chi connectivity index (χ3n) is 15.4. The molecule has 0 aliphatic rings. The van der Waals surface area contributed by atoms with E-state index in [0.717, 1.165) is 25.7 Å². The minimum Gasteiger partial charge on any atom is -0.467 e. The predicted octanol–water partition coefficient (Wildman–Crippen LogP) is 6.88. The molecule has 10 atom stereocenters. The zero-order valence-electron chi connectivity index (χ0n) is 54.4. The molecule has 0 spiro atoms. The molecule has 0 saturated heterocycles. The van der Waals surface area contributed by atoms with Crippen molar-refractivity contribution in [3.05, 3.63) is 0 Å². The molecule has 0 aromatic heterocycles. The molecule has 22 heteroatoms. The molecular formula is C63H116N10O12. The van der Waals surface area contributed by atoms with E-state index >= 15 is 0 Å². The lowest BCUT2D eigenvalue weighted by atomic mass is 10.0. The highest BCUT2D eigenvalue weighted by Gasteiger charge is 2.37. The van der Waals surface area contributed by atoms with E-state index in [9.17, 15) is 52.7 Å². The first-order valence-corrected chi connectivity index (χ1v) is 32.7. The summed E-state index contributed by atoms with van der Waals surface area (Å²) >= 11 is 0. The molecule has 0 fully saturated rings. The highest BCUT2D eigenvalue weighted by Crippen LogP contribution is 2.17. The maximum atomic E-state index is 14.8. The van der Waals surface area contributed by atoms with Gasteiger partial charge in [0.15, 0.2) is 0 Å². The zero-order valence-corrected chi connectivity index (χ0v) is 54.4. The Hall–Kier alpha value is -5.83. The molecule has 490 valence electrons. The standard InChI is InChI=1S/C63H116N10O12/c1-13-23-33-44(64-43-74)54(75)65-45(34-24-14-2)55(76)66-46(35-25-15-3)56(77)67-47(36-26-16-4)57(78)68-48(37-27-17-5)59(80)71-51(40-30-20-8)62(83)73(11)53(42-32-22-10)61(82)70-50(39-29-19-7)58(79)69-49(38-28-18-6)60(81)72-52(41-31-21-9)63(84)85-12/h43-53H,13-42H2,1-12H3,(H,64,74)(H,65,75)(H,66,76)(H,67,77)(H,68,78)(H,69,79)(H,70,82)(H,71,80)(H,72,81)/t44-,45+,46-,47+,48-,49-,50+,51+,52+,53-/m1/s1. The van der Waals surface area contributed by atoms with Gasteiger partial charge in [-0.15, -0.1) is 0 Å². The molecule has 0 rings (SSSR count). The van der Waals surface area contributed by atoms with Crippen molar-refractivity contribution in [1.82, 2.24) is 52.8 Å². The van der Waals surface area contributed by atoms with Gasteiger partial charge in [0.25, 0.3) is 0 Å². The second-order valence-electron chi connectivity index (χ2n) is 22.7. The van der Waals surface area contributed by atoms with Crippen LogP contribution in [0.25, 0.3) is 0 Å². The van der Waals surface area contributed by atoms with Crippen LogP contribution in [0.3, 0.4) is 0 Å². The second-order valence-corrected chi connectivity index (χ2v) is 22.7. The summed E-state index contributed by atoms with van der Waals surface area (Å²) in [5.41, 5.74) is 0. The molecule has 0 aromatic carbocycles. The molecule has 10 amide bonds. The van der Waals surface area contributed by atoms with Gasteiger partial charge in [-0.2, -0.15) is 0 Å². The highest BCUT2D eigenvalue weighted by atomic mass is 16.5. The van der Waals surface area contributed by atoms with Crippen LogP contribution in [-0.4, -0.2) is 145 Å². The number of methoxy groups -OCH3 is 1. The van der Waals surface area contributed by atoms with Gasteiger partial charge in [-0.25, -0.2) is 4.79 Å². The van der Waals surface area contributed by atoms with Crippen molar-refractivity contribution in [3.8, 4) is 0 Å². The Balaban J connectivity index is 6.88. The Labute approximate surface area is 510 Å². The summed E-state index contributed by atoms with van der Waals surface area (Å²) in [5.74, 6) is -5.71. The van der Waals surface area contributed by atoms with Gasteiger partial charge in [0.2, 0.25) is 59.6 Å². The van der Waals surface area contributed by atoms with Gasteiger partial charge in [-0.3, -0.25) is 47.9 Å². The van der Waals surface area contributed by atoms with Crippen LogP contribution in [0, 0.1) is 0 Å². The van der Waals surface area contributed by atoms with Crippen LogP contribution in [0.1, 0.15) is 262 Å². The van der Waals surface area contributed by atoms with Crippen molar-refractivity contribution in [2.45, 2.75) is 322 Å². The lowest BCUT2D eigenvalue weighted by molar-refractivity contribution is -0.145. The molecule has 9 N–H and O–H groups in total. The summed E-state index contributed by atoms with van der Waals surface area (Å²) in [6, 6.07) is -10.2. The average molecular weight is 1210 g/mol. The number of ether oxygens (including phenoxy) is 1. The first-order chi connectivity index (χ1) is 40.8. The number of likely N-dealkylation sites (N-methyl/N-ethyl adjacent to an activating group) is 1. The number of rotatable bonds is 51. The molecular weight excluding hydrogens is 1090 g/mol. The number of carbonyl (C=O) groups excluding carboxylic acids is 11. The normalized spacial score (nSPS) is 14.6. The number of hydrogen-bond donors (Lipinski definition) is 9. The minimum atomic E-state index is -1.12. The number of nitrogens with one attached hydrogen (secondary N) is 9. The number of hydrogen-bond acceptors (Lipinski definition) is 12. The van der Waals surface area contributed by atoms with Gasteiger partial charge >= 0.3 is 5.97 Å². The van der Waals surface area contributed by atoms with E-state index in [1.807, 2.05) is 69.2 Å². The lowest BCUT2D eigenvalue weighted by Crippen LogP contribution is -2.60. The Morgan fingerprint density at radius 3 is 0.800 bits per heavy atom. The van der Waals surface area contributed by atoms with Crippen molar-refractivity contribution < 1.29 is 57.5 Å². The quantitative estimate of drug-likeness (QED) is 0.0222. The molecule has 0 aromatic rings. The maximum absolute atomic E-state index is 14.8. The molecule has 22 nitrogen and oxygen atoms in total. The van der Waals surface area contributed by atoms with E-state index in [1.54, 1.807) is 0 Å². The van der Waals surface area contributed by atoms with E-state index < -0.39 is 120 Å². The maximum Gasteiger partial charge on any atom is 0.328 e. The van der Waals surface area contributed by atoms with E-state index in [0.29, 0.717) is 135 Å². The van der Waals surface area contributed by atoms with Crippen molar-refractivity contribution in [2.24, 2.45) is 0 Å². The highest BCUT2D eigenvalue weighted by molar-refractivity contribution is 5.98. The van der Waals surface area contributed by atoms with Gasteiger partial charge in [-0.05, 0) is 64.2 Å². The third kappa shape index (κ3) is 31.9. The van der Waals surface area contributed by atoms with E-state index in [-0.39, 0.29) is 38.5 Å². The topological polar surface area (TPSA) is 309 Å². The number of nitrogens with zero attached hydrogens (tertiary/aromatic N) is 1. The van der Waals surface area contributed by atoms with E-state index in [4.69, 9.17) is 4.74 Å². The fraction of sp³-hybridized carbons (Fsp3) is 0.825. The summed E-state index contributed by atoms with van der Waals surface area (Å²) < 4.78 is 4.95. The fourth-order valence-corrected chi connectivity index (χ4v) is 9.78. The Kier molecular flexibility index (Phi) is 45.0. The van der Waals surface area contributed by atoms with Gasteiger partial charge in [0, 0.05) is 7.05 Å². The SMILES string of the molecule is CCCC[C@H](NC(=O)[C@@H](CCCC)N(C)C(=O)[C@H](CCCC)NC(=O)[C@@H](CCCC)NC(=O)[C@H](CCCC)NC(=O)[C@@H](CCCC)NC(=O)[C@H](CCCC)NC(=O)[C@@H](CCCC)NC=O)C(=O)N[C@H](CCCC)C(=O)N[C@@H](CCCC)C(=O)OC. The number of carbonyl (C=O) groups is 11. The van der Waals surface area contributed by atoms with Gasteiger partial charge in [0.1, 0.15) is 60.4 Å². The van der Waals surface area contributed by atoms with Crippen LogP contribution >= 0.6 is 0 Å². The van der Waals surface area contributed by atoms with E-state index in [1.165, 1.54) is 19.1 Å². The van der Waals surface area contributed by atoms with Crippen LogP contribution < -0.4 is 47.9 Å². The van der Waals surface area contributed by atoms with Crippen molar-refractivity contribution in [1.29, 1.82) is 0 Å². The van der Waals surface area contributed by atoms with Crippen LogP contribution in [-0.2, 0) is 57.5 Å². The van der Waals surface area contributed by atoms with Gasteiger partial charge in [-0.1, -0.05) is 198 Å². The summed E-state index contributed by atoms with van der Waals surface area (Å²) in [6.45, 7) is 19.5. The molecule has 0 aliphatic heterocycles. The van der Waals surface area contributed by atoms with Crippen molar-refractivity contribution in [3.63, 3.8) is 0 Å². The van der Waals surface area contributed by atoms with Crippen molar-refractivity contribution >= 4 is 65.5 Å². The van der Waals surface area contributed by atoms with Crippen molar-refractivity contribution in [2.75, 3.05) is 14.2 Å². The fourth-order valence-electron chi connectivity index (χ4n) is 9.78. The number of unbranched alkanes of at least 4 members (excludes halogenated alkanes) is 10. The number of amides is 10. The summed E-state index contributed by atoms with van der Waals surface area (Å²) in [6.07, 6.45) is 16.2. The second kappa shape index (κ2) is 48.3. The van der Waals surface area contributed by atoms with E-state index in [2.05, 4.69) is 47.9 Å². The Bertz CT molecular complexity index is 1980. The van der Waals surface area contributed by atoms with Crippen LogP contribution in [0.4, 0.5) is 0 Å². The smallest absolute Gasteiger partial charge is 0.328 e. The largest absolute Gasteiger partial charge is 0.467 e. The third-order valence-corrected chi connectivity index (χ3v) is 15.4. The van der Waals surface area contributed by atoms with Crippen LogP contribution in [0.2, 0.25) is 0 Å². The average Bonchev–Trinajstić information content (AvgIpc) is 3.69. The number of esters is 1. The predicted molar refractivity (Wildman–Crippen MR) is 332 cm³/mol. The lowest BCUT2D eigenvalue weighted by Gasteiger charge is -2.33.